The van der Waals surface area contributed by atoms with Gasteiger partial charge in [0.15, 0.2) is 0 Å². The Bertz CT molecular complexity index is 1040. The number of fused-ring (bicyclic) bond motifs is 1. The maximum Gasteiger partial charge on any atom is 0.408 e. The third-order valence-corrected chi connectivity index (χ3v) is 6.84. The van der Waals surface area contributed by atoms with Gasteiger partial charge in [-0.3, -0.25) is 4.90 Å². The van der Waals surface area contributed by atoms with Gasteiger partial charge >= 0.3 is 6.09 Å². The molecule has 0 saturated carbocycles. The highest BCUT2D eigenvalue weighted by Gasteiger charge is 2.20. The van der Waals surface area contributed by atoms with Crippen molar-refractivity contribution in [3.63, 3.8) is 0 Å². The Kier molecular flexibility index (Phi) is 7.30. The number of hydrogen-bond acceptors (Lipinski definition) is 3. The van der Waals surface area contributed by atoms with Crippen molar-refractivity contribution in [2.24, 2.45) is 0 Å². The van der Waals surface area contributed by atoms with E-state index in [0.29, 0.717) is 25.7 Å². The predicted molar refractivity (Wildman–Crippen MR) is 128 cm³/mol. The normalized spacial score (nSPS) is 11.6. The van der Waals surface area contributed by atoms with Crippen molar-refractivity contribution in [1.29, 1.82) is 0 Å². The molecule has 0 bridgehead atoms. The molecule has 7 heteroatoms. The Morgan fingerprint density at radius 3 is 2.55 bits per heavy atom. The van der Waals surface area contributed by atoms with Crippen LogP contribution in [0.25, 0.3) is 17.1 Å². The first-order valence-electron chi connectivity index (χ1n) is 10.5. The molecule has 0 saturated heterocycles. The van der Waals surface area contributed by atoms with Gasteiger partial charge in [-0.1, -0.05) is 74.8 Å². The van der Waals surface area contributed by atoms with Crippen LogP contribution in [0.1, 0.15) is 17.0 Å². The average molecular weight is 438 g/mol. The van der Waals surface area contributed by atoms with Gasteiger partial charge in [0.05, 0.1) is 17.6 Å². The summed E-state index contributed by atoms with van der Waals surface area (Å²) >= 11 is 0. The molecule has 3 aromatic rings. The van der Waals surface area contributed by atoms with Crippen molar-refractivity contribution in [3.05, 3.63) is 72.1 Å². The molecule has 6 nitrogen and oxygen atoms in total. The van der Waals surface area contributed by atoms with Crippen molar-refractivity contribution in [3.8, 4) is 0 Å². The molecule has 0 aliphatic heterocycles. The number of hydrogen-bond donors (Lipinski definition) is 1. The summed E-state index contributed by atoms with van der Waals surface area (Å²) in [5.74, 6) is 0.663. The second-order valence-electron chi connectivity index (χ2n) is 8.85. The van der Waals surface area contributed by atoms with E-state index in [4.69, 9.17) is 9.72 Å². The van der Waals surface area contributed by atoms with Crippen LogP contribution in [0.15, 0.2) is 55.1 Å². The van der Waals surface area contributed by atoms with Gasteiger partial charge in [-0.25, -0.2) is 9.78 Å². The predicted octanol–water partition coefficient (Wildman–Crippen LogP) is 5.67. The van der Waals surface area contributed by atoms with Crippen LogP contribution in [0.3, 0.4) is 0 Å². The maximum atomic E-state index is 12.0. The molecule has 1 heterocycles. The zero-order valence-corrected chi connectivity index (χ0v) is 19.5. The molecular formula is C24H31N3O3Si. The van der Waals surface area contributed by atoms with Crippen molar-refractivity contribution in [1.82, 2.24) is 14.5 Å². The SMILES string of the molecule is C=Cc1cccc2nc(CN(Cc3ccccc3)C(=O)O)n(COCC[Si](C)(C)C)c12. The molecule has 1 aromatic heterocycles. The Morgan fingerprint density at radius 1 is 1.16 bits per heavy atom. The number of carbonyl (C=O) groups is 1. The zero-order chi connectivity index (χ0) is 22.4. The smallest absolute Gasteiger partial charge is 0.408 e. The van der Waals surface area contributed by atoms with Gasteiger partial charge in [0.1, 0.15) is 12.6 Å². The lowest BCUT2D eigenvalue weighted by atomic mass is 10.2. The summed E-state index contributed by atoms with van der Waals surface area (Å²) in [6, 6.07) is 16.5. The van der Waals surface area contributed by atoms with Crippen LogP contribution in [-0.4, -0.2) is 40.3 Å². The molecule has 0 atom stereocenters. The van der Waals surface area contributed by atoms with E-state index in [1.807, 2.05) is 53.1 Å². The molecule has 1 N–H and O–H groups in total. The van der Waals surface area contributed by atoms with E-state index < -0.39 is 14.2 Å². The van der Waals surface area contributed by atoms with Crippen LogP contribution in [-0.2, 0) is 24.6 Å². The number of imidazole rings is 1. The summed E-state index contributed by atoms with van der Waals surface area (Å²) in [6.07, 6.45) is 0.816. The fraction of sp³-hybridized carbons (Fsp3) is 0.333. The molecule has 2 aromatic carbocycles. The summed E-state index contributed by atoms with van der Waals surface area (Å²) in [4.78, 5) is 18.1. The molecule has 0 spiro atoms. The maximum absolute atomic E-state index is 12.0. The molecule has 31 heavy (non-hydrogen) atoms. The minimum Gasteiger partial charge on any atom is -0.465 e. The summed E-state index contributed by atoms with van der Waals surface area (Å²) < 4.78 is 8.00. The molecule has 1 amide bonds. The first kappa shape index (κ1) is 22.8. The van der Waals surface area contributed by atoms with Crippen LogP contribution >= 0.6 is 0 Å². The van der Waals surface area contributed by atoms with Gasteiger partial charge in [-0.15, -0.1) is 0 Å². The second kappa shape index (κ2) is 9.94. The van der Waals surface area contributed by atoms with Gasteiger partial charge in [0, 0.05) is 21.2 Å². The summed E-state index contributed by atoms with van der Waals surface area (Å²) in [5.41, 5.74) is 3.62. The highest BCUT2D eigenvalue weighted by Crippen LogP contribution is 2.23. The van der Waals surface area contributed by atoms with Gasteiger partial charge in [-0.05, 0) is 23.2 Å². The quantitative estimate of drug-likeness (QED) is 0.328. The Hall–Kier alpha value is -2.90. The topological polar surface area (TPSA) is 67.6 Å². The van der Waals surface area contributed by atoms with E-state index in [1.165, 1.54) is 4.90 Å². The minimum absolute atomic E-state index is 0.173. The average Bonchev–Trinajstić information content (AvgIpc) is 3.08. The lowest BCUT2D eigenvalue weighted by Crippen LogP contribution is -2.30. The number of nitrogens with zero attached hydrogens (tertiary/aromatic N) is 3. The first-order valence-corrected chi connectivity index (χ1v) is 14.2. The van der Waals surface area contributed by atoms with E-state index in [0.717, 1.165) is 28.2 Å². The fourth-order valence-corrected chi connectivity index (χ4v) is 4.14. The van der Waals surface area contributed by atoms with Crippen molar-refractivity contribution < 1.29 is 14.6 Å². The molecule has 0 radical (unpaired) electrons. The Balaban J connectivity index is 1.90. The number of para-hydroxylation sites is 1. The van der Waals surface area contributed by atoms with Gasteiger partial charge in [0.2, 0.25) is 0 Å². The summed E-state index contributed by atoms with van der Waals surface area (Å²) in [6.45, 7) is 12.4. The highest BCUT2D eigenvalue weighted by atomic mass is 28.3. The van der Waals surface area contributed by atoms with Crippen LogP contribution in [0.5, 0.6) is 0 Å². The molecule has 0 fully saturated rings. The highest BCUT2D eigenvalue weighted by molar-refractivity contribution is 6.76. The largest absolute Gasteiger partial charge is 0.465 e. The number of benzene rings is 2. The second-order valence-corrected chi connectivity index (χ2v) is 14.5. The summed E-state index contributed by atoms with van der Waals surface area (Å²) in [7, 11) is -1.20. The van der Waals surface area contributed by atoms with E-state index in [9.17, 15) is 9.90 Å². The number of ether oxygens (including phenoxy) is 1. The van der Waals surface area contributed by atoms with Crippen LogP contribution in [0, 0.1) is 0 Å². The standard InChI is InChI=1S/C24H31N3O3Si/c1-5-20-12-9-13-21-23(20)27(18-30-14-15-31(2,3)4)22(25-21)17-26(24(28)29)16-19-10-7-6-8-11-19/h5-13H,1,14-18H2,2-4H3,(H,28,29). The zero-order valence-electron chi connectivity index (χ0n) is 18.5. The molecule has 164 valence electrons. The molecular weight excluding hydrogens is 406 g/mol. The first-order chi connectivity index (χ1) is 14.8. The molecule has 3 rings (SSSR count). The fourth-order valence-electron chi connectivity index (χ4n) is 3.39. The minimum atomic E-state index is -1.20. The lowest BCUT2D eigenvalue weighted by molar-refractivity contribution is 0.0847. The van der Waals surface area contributed by atoms with E-state index in [1.54, 1.807) is 6.08 Å². The van der Waals surface area contributed by atoms with Crippen LogP contribution in [0.4, 0.5) is 4.79 Å². The van der Waals surface area contributed by atoms with Crippen molar-refractivity contribution in [2.75, 3.05) is 6.61 Å². The Labute approximate surface area is 184 Å². The number of amides is 1. The van der Waals surface area contributed by atoms with Gasteiger partial charge in [0.25, 0.3) is 0 Å². The third kappa shape index (κ3) is 6.05. The van der Waals surface area contributed by atoms with Gasteiger partial charge < -0.3 is 14.4 Å². The third-order valence-electron chi connectivity index (χ3n) is 5.13. The van der Waals surface area contributed by atoms with Crippen molar-refractivity contribution in [2.45, 2.75) is 45.5 Å². The lowest BCUT2D eigenvalue weighted by Gasteiger charge is -2.20. The molecule has 0 aliphatic carbocycles. The molecule has 0 aliphatic rings. The van der Waals surface area contributed by atoms with Crippen LogP contribution < -0.4 is 0 Å². The molecule has 0 unspecified atom stereocenters. The van der Waals surface area contributed by atoms with E-state index in [-0.39, 0.29) is 6.54 Å². The van der Waals surface area contributed by atoms with E-state index in [2.05, 4.69) is 26.2 Å². The van der Waals surface area contributed by atoms with Crippen molar-refractivity contribution >= 4 is 31.3 Å². The van der Waals surface area contributed by atoms with E-state index >= 15 is 0 Å². The Morgan fingerprint density at radius 2 is 1.90 bits per heavy atom. The number of aromatic nitrogens is 2. The van der Waals surface area contributed by atoms with Gasteiger partial charge in [-0.2, -0.15) is 0 Å². The van der Waals surface area contributed by atoms with Crippen LogP contribution in [0.2, 0.25) is 25.7 Å². The number of carboxylic acid groups (broad SMARTS) is 1. The monoisotopic (exact) mass is 437 g/mol. The number of rotatable bonds is 10. The summed E-state index contributed by atoms with van der Waals surface area (Å²) in [5, 5.41) is 9.81.